The third kappa shape index (κ3) is 3.62. The quantitative estimate of drug-likeness (QED) is 0.884. The van der Waals surface area contributed by atoms with E-state index in [-0.39, 0.29) is 0 Å². The highest BCUT2D eigenvalue weighted by atomic mass is 79.9. The number of nitrogens with one attached hydrogen (secondary N) is 1. The zero-order valence-electron chi connectivity index (χ0n) is 10.9. The summed E-state index contributed by atoms with van der Waals surface area (Å²) in [5.74, 6) is 0. The van der Waals surface area contributed by atoms with Gasteiger partial charge in [0.1, 0.15) is 0 Å². The first kappa shape index (κ1) is 14.2. The van der Waals surface area contributed by atoms with Crippen LogP contribution in [0.2, 0.25) is 5.02 Å². The van der Waals surface area contributed by atoms with Gasteiger partial charge in [-0.15, -0.1) is 0 Å². The van der Waals surface area contributed by atoms with Crippen molar-refractivity contribution in [1.82, 2.24) is 4.90 Å². The van der Waals surface area contributed by atoms with Crippen LogP contribution in [0.25, 0.3) is 0 Å². The molecule has 1 aromatic rings. The Morgan fingerprint density at radius 2 is 2.00 bits per heavy atom. The summed E-state index contributed by atoms with van der Waals surface area (Å²) in [6, 6.07) is 7.26. The van der Waals surface area contributed by atoms with Crippen molar-refractivity contribution >= 4 is 33.2 Å². The Balaban J connectivity index is 1.89. The van der Waals surface area contributed by atoms with Crippen LogP contribution in [-0.4, -0.2) is 30.1 Å². The molecular weight excluding hydrogens is 312 g/mol. The predicted molar refractivity (Wildman–Crippen MR) is 82.5 cm³/mol. The van der Waals surface area contributed by atoms with E-state index in [1.165, 1.54) is 25.9 Å². The van der Waals surface area contributed by atoms with Crippen molar-refractivity contribution in [2.24, 2.45) is 0 Å². The van der Waals surface area contributed by atoms with Crippen molar-refractivity contribution in [3.63, 3.8) is 0 Å². The summed E-state index contributed by atoms with van der Waals surface area (Å²) >= 11 is 9.46. The first-order valence-electron chi connectivity index (χ1n) is 6.52. The molecule has 0 bridgehead atoms. The van der Waals surface area contributed by atoms with E-state index in [9.17, 15) is 0 Å². The van der Waals surface area contributed by atoms with Gasteiger partial charge < -0.3 is 10.2 Å². The number of hydrogen-bond donors (Lipinski definition) is 1. The molecule has 0 aliphatic carbocycles. The molecule has 1 aliphatic rings. The number of likely N-dealkylation sites (tertiary alicyclic amines) is 1. The van der Waals surface area contributed by atoms with Crippen LogP contribution >= 0.6 is 27.5 Å². The lowest BCUT2D eigenvalue weighted by Crippen LogP contribution is -2.42. The molecule has 1 fully saturated rings. The smallest absolute Gasteiger partial charge is 0.0549 e. The van der Waals surface area contributed by atoms with Gasteiger partial charge >= 0.3 is 0 Å². The van der Waals surface area contributed by atoms with Crippen molar-refractivity contribution in [1.29, 1.82) is 0 Å². The first-order valence-corrected chi connectivity index (χ1v) is 7.69. The summed E-state index contributed by atoms with van der Waals surface area (Å²) in [5, 5.41) is 4.35. The van der Waals surface area contributed by atoms with Gasteiger partial charge in [0.2, 0.25) is 0 Å². The molecule has 0 unspecified atom stereocenters. The predicted octanol–water partition coefficient (Wildman–Crippen LogP) is 4.39. The van der Waals surface area contributed by atoms with E-state index in [0.717, 1.165) is 15.2 Å². The SMILES string of the molecule is CC(C)N1CCC(Nc2ccc(Cl)c(Br)c2)CC1. The molecular formula is C14H20BrClN2. The highest BCUT2D eigenvalue weighted by Crippen LogP contribution is 2.27. The molecule has 1 aliphatic heterocycles. The third-order valence-corrected chi connectivity index (χ3v) is 4.76. The van der Waals surface area contributed by atoms with Crippen molar-refractivity contribution in [3.05, 3.63) is 27.7 Å². The molecule has 0 spiro atoms. The van der Waals surface area contributed by atoms with Crippen LogP contribution in [0.3, 0.4) is 0 Å². The van der Waals surface area contributed by atoms with Gasteiger partial charge in [-0.05, 0) is 60.8 Å². The number of benzene rings is 1. The maximum atomic E-state index is 6.00. The zero-order valence-corrected chi connectivity index (χ0v) is 13.3. The van der Waals surface area contributed by atoms with Gasteiger partial charge in [-0.3, -0.25) is 0 Å². The van der Waals surface area contributed by atoms with Crippen LogP contribution in [0.15, 0.2) is 22.7 Å². The van der Waals surface area contributed by atoms with Gasteiger partial charge in [0.25, 0.3) is 0 Å². The molecule has 0 radical (unpaired) electrons. The van der Waals surface area contributed by atoms with Crippen molar-refractivity contribution in [2.45, 2.75) is 38.8 Å². The third-order valence-electron chi connectivity index (χ3n) is 3.55. The summed E-state index contributed by atoms with van der Waals surface area (Å²) in [6.07, 6.45) is 2.41. The van der Waals surface area contributed by atoms with Crippen LogP contribution in [0, 0.1) is 0 Å². The van der Waals surface area contributed by atoms with E-state index in [0.29, 0.717) is 12.1 Å². The summed E-state index contributed by atoms with van der Waals surface area (Å²) in [6.45, 7) is 6.91. The fourth-order valence-electron chi connectivity index (χ4n) is 2.38. The second-order valence-corrected chi connectivity index (χ2v) is 6.44. The minimum Gasteiger partial charge on any atom is -0.382 e. The Morgan fingerprint density at radius 1 is 1.33 bits per heavy atom. The van der Waals surface area contributed by atoms with E-state index >= 15 is 0 Å². The molecule has 100 valence electrons. The average molecular weight is 332 g/mol. The minimum absolute atomic E-state index is 0.577. The first-order chi connectivity index (χ1) is 8.56. The van der Waals surface area contributed by atoms with Crippen LogP contribution in [-0.2, 0) is 0 Å². The van der Waals surface area contributed by atoms with Crippen molar-refractivity contribution < 1.29 is 0 Å². The molecule has 1 heterocycles. The largest absolute Gasteiger partial charge is 0.382 e. The standard InChI is InChI=1S/C14H20BrClN2/c1-10(2)18-7-5-11(6-8-18)17-12-3-4-14(16)13(15)9-12/h3-4,9-11,17H,5-8H2,1-2H3. The molecule has 2 rings (SSSR count). The van der Waals surface area contributed by atoms with Gasteiger partial charge in [0.05, 0.1) is 5.02 Å². The Bertz CT molecular complexity index is 401. The zero-order chi connectivity index (χ0) is 13.1. The normalized spacial score (nSPS) is 18.3. The van der Waals surface area contributed by atoms with E-state index in [4.69, 9.17) is 11.6 Å². The topological polar surface area (TPSA) is 15.3 Å². The van der Waals surface area contributed by atoms with Crippen LogP contribution in [0.1, 0.15) is 26.7 Å². The van der Waals surface area contributed by atoms with Gasteiger partial charge in [-0.1, -0.05) is 11.6 Å². The maximum Gasteiger partial charge on any atom is 0.0549 e. The molecule has 2 nitrogen and oxygen atoms in total. The molecule has 18 heavy (non-hydrogen) atoms. The number of halogens is 2. The van der Waals surface area contributed by atoms with Crippen LogP contribution in [0.5, 0.6) is 0 Å². The highest BCUT2D eigenvalue weighted by molar-refractivity contribution is 9.10. The second kappa shape index (κ2) is 6.27. The number of anilines is 1. The summed E-state index contributed by atoms with van der Waals surface area (Å²) < 4.78 is 0.953. The van der Waals surface area contributed by atoms with E-state index < -0.39 is 0 Å². The monoisotopic (exact) mass is 330 g/mol. The Hall–Kier alpha value is -0.250. The molecule has 1 saturated heterocycles. The van der Waals surface area contributed by atoms with Crippen LogP contribution in [0.4, 0.5) is 5.69 Å². The summed E-state index contributed by atoms with van der Waals surface area (Å²) in [4.78, 5) is 2.54. The molecule has 0 aromatic heterocycles. The fourth-order valence-corrected chi connectivity index (χ4v) is 2.88. The lowest BCUT2D eigenvalue weighted by molar-refractivity contribution is 0.177. The Morgan fingerprint density at radius 3 is 2.56 bits per heavy atom. The van der Waals surface area contributed by atoms with Crippen molar-refractivity contribution in [2.75, 3.05) is 18.4 Å². The van der Waals surface area contributed by atoms with E-state index in [1.54, 1.807) is 0 Å². The molecule has 0 saturated carbocycles. The molecule has 0 amide bonds. The van der Waals surface area contributed by atoms with Gasteiger partial charge in [-0.25, -0.2) is 0 Å². The minimum atomic E-state index is 0.577. The second-order valence-electron chi connectivity index (χ2n) is 5.18. The van der Waals surface area contributed by atoms with Crippen LogP contribution < -0.4 is 5.32 Å². The summed E-state index contributed by atoms with van der Waals surface area (Å²) in [7, 11) is 0. The van der Waals surface area contributed by atoms with E-state index in [2.05, 4.69) is 46.1 Å². The highest BCUT2D eigenvalue weighted by Gasteiger charge is 2.20. The lowest BCUT2D eigenvalue weighted by atomic mass is 10.0. The number of nitrogens with zero attached hydrogens (tertiary/aromatic N) is 1. The molecule has 4 heteroatoms. The van der Waals surface area contributed by atoms with Crippen molar-refractivity contribution in [3.8, 4) is 0 Å². The number of piperidine rings is 1. The van der Waals surface area contributed by atoms with Gasteiger partial charge in [0, 0.05) is 35.3 Å². The summed E-state index contributed by atoms with van der Waals surface area (Å²) in [5.41, 5.74) is 1.15. The lowest BCUT2D eigenvalue weighted by Gasteiger charge is -2.35. The maximum absolute atomic E-state index is 6.00. The van der Waals surface area contributed by atoms with Gasteiger partial charge in [-0.2, -0.15) is 0 Å². The fraction of sp³-hybridized carbons (Fsp3) is 0.571. The molecule has 1 N–H and O–H groups in total. The Labute approximate surface area is 123 Å². The Kier molecular flexibility index (Phi) is 4.93. The molecule has 1 aromatic carbocycles. The number of rotatable bonds is 3. The molecule has 0 atom stereocenters. The van der Waals surface area contributed by atoms with Gasteiger partial charge in [0.15, 0.2) is 0 Å². The number of hydrogen-bond acceptors (Lipinski definition) is 2. The average Bonchev–Trinajstić information content (AvgIpc) is 2.34. The van der Waals surface area contributed by atoms with E-state index in [1.807, 2.05) is 12.1 Å².